The van der Waals surface area contributed by atoms with E-state index in [0.29, 0.717) is 5.75 Å². The predicted octanol–water partition coefficient (Wildman–Crippen LogP) is 1.13. The lowest BCUT2D eigenvalue weighted by Gasteiger charge is -2.52. The van der Waals surface area contributed by atoms with Crippen molar-refractivity contribution in [2.24, 2.45) is 0 Å². The first-order valence-electron chi connectivity index (χ1n) is 9.46. The Balaban J connectivity index is 1.90. The number of carbonyl (C=O) groups is 3. The Morgan fingerprint density at radius 2 is 1.84 bits per heavy atom. The van der Waals surface area contributed by atoms with Crippen LogP contribution in [0.4, 0.5) is 0 Å². The van der Waals surface area contributed by atoms with Crippen LogP contribution in [0.2, 0.25) is 19.6 Å². The number of hydrogen-bond acceptors (Lipinski definition) is 6. The maximum atomic E-state index is 13.5. The molecule has 2 aliphatic rings. The normalized spacial score (nSPS) is 24.8. The number of carboxylic acid groups (broad SMARTS) is 1. The molecule has 0 radical (unpaired) electrons. The quantitative estimate of drug-likeness (QED) is 0.307. The van der Waals surface area contributed by atoms with Crippen LogP contribution in [-0.2, 0) is 24.2 Å². The molecule has 168 valence electrons. The molecule has 1 aromatic rings. The number of hydrogen-bond donors (Lipinski definition) is 2. The smallest absolute Gasteiger partial charge is 0.352 e. The molecular weight excluding hydrogens is 508 g/mol. The average Bonchev–Trinajstić information content (AvgIpc) is 2.68. The molecule has 1 aromatic carbocycles. The van der Waals surface area contributed by atoms with Crippen molar-refractivity contribution in [2.45, 2.75) is 35.9 Å². The van der Waals surface area contributed by atoms with Crippen molar-refractivity contribution in [1.82, 2.24) is 10.2 Å². The molecule has 1 saturated heterocycles. The van der Waals surface area contributed by atoms with Gasteiger partial charge in [-0.1, -0.05) is 53.8 Å². The maximum absolute atomic E-state index is 13.5. The van der Waals surface area contributed by atoms with E-state index in [1.807, 2.05) is 19.6 Å². The number of halogens is 1. The number of sulfone groups is 1. The number of β-lactam (4-membered cyclic amide) rings is 1. The number of carbonyl (C=O) groups excluding carboxylic acids is 2. The van der Waals surface area contributed by atoms with Gasteiger partial charge in [-0.25, -0.2) is 13.2 Å². The summed E-state index contributed by atoms with van der Waals surface area (Å²) in [5, 5.41) is 10.7. The van der Waals surface area contributed by atoms with Crippen LogP contribution in [0, 0.1) is 0 Å². The molecule has 2 heterocycles. The van der Waals surface area contributed by atoms with Crippen LogP contribution >= 0.6 is 15.9 Å². The second-order valence-electron chi connectivity index (χ2n) is 8.39. The second kappa shape index (κ2) is 8.39. The summed E-state index contributed by atoms with van der Waals surface area (Å²) in [4.78, 5) is 36.8. The molecule has 12 heteroatoms. The van der Waals surface area contributed by atoms with Crippen molar-refractivity contribution in [3.63, 3.8) is 0 Å². The van der Waals surface area contributed by atoms with Gasteiger partial charge in [0.25, 0.3) is 11.8 Å². The molecule has 2 aliphatic heterocycles. The highest BCUT2D eigenvalue weighted by molar-refractivity contribution is 9.09. The molecule has 0 aromatic heterocycles. The lowest BCUT2D eigenvalue weighted by Crippen LogP contribution is -2.77. The van der Waals surface area contributed by atoms with E-state index in [0.717, 1.165) is 4.90 Å². The van der Waals surface area contributed by atoms with E-state index in [1.54, 1.807) is 30.3 Å². The lowest BCUT2D eigenvalue weighted by atomic mass is 10.0. The molecule has 2 unspecified atom stereocenters. The fraction of sp³-hybridized carbons (Fsp3) is 0.421. The molecule has 31 heavy (non-hydrogen) atoms. The summed E-state index contributed by atoms with van der Waals surface area (Å²) in [7, 11) is -6.45. The van der Waals surface area contributed by atoms with Gasteiger partial charge in [0.05, 0.1) is 12.9 Å². The average molecular weight is 531 g/mol. The summed E-state index contributed by atoms with van der Waals surface area (Å²) >= 11 is 3.21. The highest BCUT2D eigenvalue weighted by Gasteiger charge is 2.65. The van der Waals surface area contributed by atoms with E-state index in [9.17, 15) is 27.9 Å². The van der Waals surface area contributed by atoms with Crippen LogP contribution in [-0.4, -0.2) is 72.5 Å². The van der Waals surface area contributed by atoms with E-state index in [-0.39, 0.29) is 16.6 Å². The van der Waals surface area contributed by atoms with Gasteiger partial charge in [0.15, 0.2) is 21.8 Å². The van der Waals surface area contributed by atoms with Crippen molar-refractivity contribution in [3.05, 3.63) is 41.6 Å². The Morgan fingerprint density at radius 1 is 1.23 bits per heavy atom. The largest absolute Gasteiger partial charge is 0.484 e. The van der Waals surface area contributed by atoms with Crippen molar-refractivity contribution < 1.29 is 32.6 Å². The predicted molar refractivity (Wildman–Crippen MR) is 119 cm³/mol. The first-order chi connectivity index (χ1) is 14.4. The molecule has 2 amide bonds. The zero-order chi connectivity index (χ0) is 23.1. The van der Waals surface area contributed by atoms with Gasteiger partial charge in [0, 0.05) is 5.33 Å². The fourth-order valence-electron chi connectivity index (χ4n) is 4.06. The zero-order valence-electron chi connectivity index (χ0n) is 17.2. The second-order valence-corrected chi connectivity index (χ2v) is 16.8. The number of ether oxygens (including phenoxy) is 1. The van der Waals surface area contributed by atoms with E-state index in [1.165, 1.54) is 0 Å². The number of para-hydroxylation sites is 1. The van der Waals surface area contributed by atoms with Gasteiger partial charge in [0.2, 0.25) is 0 Å². The molecule has 3 rings (SSSR count). The van der Waals surface area contributed by atoms with Gasteiger partial charge >= 0.3 is 5.97 Å². The third-order valence-electron chi connectivity index (χ3n) is 5.13. The highest BCUT2D eigenvalue weighted by Crippen LogP contribution is 2.43. The van der Waals surface area contributed by atoms with Gasteiger partial charge < -0.3 is 15.2 Å². The SMILES string of the molecule is C[Si](C)(C)C1C(CBr)=C(C(=O)O)N2C(=O)C(NC(=O)COc3ccccc3)[C@H]2S1(=O)=O. The summed E-state index contributed by atoms with van der Waals surface area (Å²) in [6.07, 6.45) is 0. The number of alkyl halides is 1. The van der Waals surface area contributed by atoms with E-state index < -0.39 is 58.6 Å². The van der Waals surface area contributed by atoms with Crippen molar-refractivity contribution in [3.8, 4) is 5.75 Å². The Bertz CT molecular complexity index is 1050. The number of fused-ring (bicyclic) bond motifs is 1. The Hall–Kier alpha value is -2.18. The third-order valence-corrected chi connectivity index (χ3v) is 12.9. The standard InChI is InChI=1S/C19H23BrN2O7SSi/c1-31(2,3)19-12(9-20)15(18(25)26)22-16(24)14(17(22)30(19,27)28)21-13(23)10-29-11-7-5-4-6-8-11/h4-8,14,17,19H,9-10H2,1-3H3,(H,21,23)(H,25,26)/t14?,17-,19?/m1/s1. The molecule has 1 fully saturated rings. The molecule has 3 atom stereocenters. The van der Waals surface area contributed by atoms with Gasteiger partial charge in [-0.2, -0.15) is 0 Å². The van der Waals surface area contributed by atoms with Crippen LogP contribution in [0.15, 0.2) is 41.6 Å². The van der Waals surface area contributed by atoms with E-state index >= 15 is 0 Å². The number of nitrogens with one attached hydrogen (secondary N) is 1. The van der Waals surface area contributed by atoms with Crippen LogP contribution in [0.3, 0.4) is 0 Å². The lowest BCUT2D eigenvalue weighted by molar-refractivity contribution is -0.151. The summed E-state index contributed by atoms with van der Waals surface area (Å²) < 4.78 is 32.3. The summed E-state index contributed by atoms with van der Waals surface area (Å²) in [5.41, 5.74) is -0.145. The Kier molecular flexibility index (Phi) is 6.36. The fourth-order valence-corrected chi connectivity index (χ4v) is 12.7. The van der Waals surface area contributed by atoms with E-state index in [2.05, 4.69) is 21.2 Å². The summed E-state index contributed by atoms with van der Waals surface area (Å²) in [5.74, 6) is -2.37. The van der Waals surface area contributed by atoms with Crippen LogP contribution in [0.25, 0.3) is 0 Å². The van der Waals surface area contributed by atoms with Crippen LogP contribution in [0.5, 0.6) is 5.75 Å². The number of benzene rings is 1. The Morgan fingerprint density at radius 3 is 2.35 bits per heavy atom. The zero-order valence-corrected chi connectivity index (χ0v) is 20.6. The minimum Gasteiger partial charge on any atom is -0.484 e. The van der Waals surface area contributed by atoms with Crippen molar-refractivity contribution in [2.75, 3.05) is 11.9 Å². The molecule has 0 saturated carbocycles. The molecule has 9 nitrogen and oxygen atoms in total. The molecule has 0 spiro atoms. The maximum Gasteiger partial charge on any atom is 0.352 e. The van der Waals surface area contributed by atoms with Crippen LogP contribution < -0.4 is 10.1 Å². The minimum absolute atomic E-state index is 0.0151. The molecule has 0 bridgehead atoms. The molecule has 2 N–H and O–H groups in total. The number of rotatable bonds is 7. The monoisotopic (exact) mass is 530 g/mol. The minimum atomic E-state index is -3.98. The number of amides is 2. The first kappa shape index (κ1) is 23.5. The Labute approximate surface area is 189 Å². The van der Waals surface area contributed by atoms with Gasteiger partial charge in [-0.3, -0.25) is 14.5 Å². The molecular formula is C19H23BrN2O7SSi. The van der Waals surface area contributed by atoms with Crippen LogP contribution in [0.1, 0.15) is 0 Å². The van der Waals surface area contributed by atoms with Gasteiger partial charge in [0.1, 0.15) is 17.5 Å². The first-order valence-corrected chi connectivity index (χ1v) is 15.8. The number of nitrogens with zero attached hydrogens (tertiary/aromatic N) is 1. The topological polar surface area (TPSA) is 130 Å². The summed E-state index contributed by atoms with van der Waals surface area (Å²) in [6.45, 7) is 5.07. The van der Waals surface area contributed by atoms with Crippen molar-refractivity contribution >= 4 is 51.6 Å². The molecule has 0 aliphatic carbocycles. The van der Waals surface area contributed by atoms with Crippen molar-refractivity contribution in [1.29, 1.82) is 0 Å². The van der Waals surface area contributed by atoms with E-state index in [4.69, 9.17) is 4.74 Å². The van der Waals surface area contributed by atoms with Gasteiger partial charge in [-0.05, 0) is 17.7 Å². The van der Waals surface area contributed by atoms with Gasteiger partial charge in [-0.15, -0.1) is 0 Å². The third kappa shape index (κ3) is 4.15. The summed E-state index contributed by atoms with van der Waals surface area (Å²) in [6, 6.07) is 7.19. The number of aliphatic carboxylic acids is 1. The highest BCUT2D eigenvalue weighted by atomic mass is 79.9. The number of carboxylic acids is 1.